The average molecular weight is 318 g/mol. The molecule has 2 aromatic heterocycles. The number of rotatable bonds is 3. The topological polar surface area (TPSA) is 76.1 Å². The van der Waals surface area contributed by atoms with Crippen LogP contribution in [0.15, 0.2) is 39.4 Å². The molecule has 122 valence electrons. The van der Waals surface area contributed by atoms with Crippen LogP contribution in [-0.4, -0.2) is 54.6 Å². The highest BCUT2D eigenvalue weighted by Crippen LogP contribution is 2.23. The van der Waals surface area contributed by atoms with Crippen LogP contribution in [0.1, 0.15) is 17.5 Å². The van der Waals surface area contributed by atoms with Gasteiger partial charge in [-0.25, -0.2) is 4.79 Å². The Bertz CT molecular complexity index is 668. The smallest absolute Gasteiger partial charge is 0.409 e. The molecular weight excluding hydrogens is 300 g/mol. The van der Waals surface area contributed by atoms with Crippen LogP contribution < -0.4 is 0 Å². The Morgan fingerprint density at radius 1 is 1.09 bits per heavy atom. The molecule has 1 aliphatic rings. The van der Waals surface area contributed by atoms with Gasteiger partial charge in [0.2, 0.25) is 0 Å². The van der Waals surface area contributed by atoms with E-state index in [0.29, 0.717) is 44.3 Å². The second-order valence-electron chi connectivity index (χ2n) is 5.12. The summed E-state index contributed by atoms with van der Waals surface area (Å²) in [7, 11) is 0. The van der Waals surface area contributed by atoms with Crippen LogP contribution in [0.25, 0.3) is 11.5 Å². The largest absolute Gasteiger partial charge is 0.461 e. The first-order chi connectivity index (χ1) is 11.2. The molecule has 0 N–H and O–H groups in total. The molecule has 7 heteroatoms. The zero-order chi connectivity index (χ0) is 16.2. The molecule has 0 aromatic carbocycles. The highest BCUT2D eigenvalue weighted by molar-refractivity contribution is 5.92. The molecule has 0 aliphatic carbocycles. The first kappa shape index (κ1) is 15.2. The van der Waals surface area contributed by atoms with Crippen LogP contribution in [-0.2, 0) is 4.74 Å². The van der Waals surface area contributed by atoms with Crippen LogP contribution >= 0.6 is 0 Å². The third-order valence-electron chi connectivity index (χ3n) is 3.67. The molecule has 3 rings (SSSR count). The van der Waals surface area contributed by atoms with Gasteiger partial charge in [0.1, 0.15) is 0 Å². The Labute approximate surface area is 133 Å². The van der Waals surface area contributed by atoms with Crippen LogP contribution in [0, 0.1) is 0 Å². The van der Waals surface area contributed by atoms with Crippen molar-refractivity contribution in [2.45, 2.75) is 6.92 Å². The number of carbonyl (C=O) groups is 2. The van der Waals surface area contributed by atoms with Crippen LogP contribution in [0.4, 0.5) is 4.79 Å². The summed E-state index contributed by atoms with van der Waals surface area (Å²) in [5.74, 6) is 1.17. The van der Waals surface area contributed by atoms with E-state index in [2.05, 4.69) is 0 Å². The fourth-order valence-corrected chi connectivity index (χ4v) is 2.47. The zero-order valence-electron chi connectivity index (χ0n) is 12.9. The van der Waals surface area contributed by atoms with Crippen molar-refractivity contribution in [1.29, 1.82) is 0 Å². The Morgan fingerprint density at radius 3 is 2.48 bits per heavy atom. The molecule has 0 saturated carbocycles. The summed E-state index contributed by atoms with van der Waals surface area (Å²) in [5.41, 5.74) is 0. The molecule has 2 aromatic rings. The summed E-state index contributed by atoms with van der Waals surface area (Å²) in [4.78, 5) is 27.4. The van der Waals surface area contributed by atoms with Gasteiger partial charge in [0, 0.05) is 26.2 Å². The fraction of sp³-hybridized carbons (Fsp3) is 0.375. The Morgan fingerprint density at radius 2 is 1.83 bits per heavy atom. The number of amides is 2. The molecule has 0 atom stereocenters. The minimum atomic E-state index is -0.335. The maximum Gasteiger partial charge on any atom is 0.409 e. The predicted molar refractivity (Wildman–Crippen MR) is 80.9 cm³/mol. The lowest BCUT2D eigenvalue weighted by molar-refractivity contribution is 0.0547. The Hall–Kier alpha value is -2.70. The van der Waals surface area contributed by atoms with E-state index in [0.717, 1.165) is 0 Å². The molecule has 0 unspecified atom stereocenters. The molecule has 1 fully saturated rings. The van der Waals surface area contributed by atoms with Crippen molar-refractivity contribution >= 4 is 12.0 Å². The van der Waals surface area contributed by atoms with Gasteiger partial charge in [-0.1, -0.05) is 0 Å². The molecule has 1 saturated heterocycles. The monoisotopic (exact) mass is 318 g/mol. The van der Waals surface area contributed by atoms with E-state index < -0.39 is 0 Å². The van der Waals surface area contributed by atoms with E-state index in [1.807, 2.05) is 0 Å². The Balaban J connectivity index is 1.60. The summed E-state index contributed by atoms with van der Waals surface area (Å²) in [6.07, 6.45) is 1.21. The highest BCUT2D eigenvalue weighted by Gasteiger charge is 2.27. The van der Waals surface area contributed by atoms with E-state index in [-0.39, 0.29) is 17.8 Å². The van der Waals surface area contributed by atoms with Crippen molar-refractivity contribution < 1.29 is 23.2 Å². The van der Waals surface area contributed by atoms with E-state index in [9.17, 15) is 9.59 Å². The normalized spacial score (nSPS) is 14.8. The lowest BCUT2D eigenvalue weighted by atomic mass is 10.3. The number of hydrogen-bond donors (Lipinski definition) is 0. The number of nitrogens with zero attached hydrogens (tertiary/aromatic N) is 2. The van der Waals surface area contributed by atoms with Crippen molar-refractivity contribution in [1.82, 2.24) is 9.80 Å². The molecule has 7 nitrogen and oxygen atoms in total. The van der Waals surface area contributed by atoms with Crippen LogP contribution in [0.3, 0.4) is 0 Å². The average Bonchev–Trinajstić information content (AvgIpc) is 3.25. The van der Waals surface area contributed by atoms with Crippen molar-refractivity contribution in [3.05, 3.63) is 36.3 Å². The number of carbonyl (C=O) groups excluding carboxylic acids is 2. The van der Waals surface area contributed by atoms with Gasteiger partial charge < -0.3 is 23.4 Å². The minimum Gasteiger partial charge on any atom is -0.461 e. The number of ether oxygens (including phenoxy) is 1. The first-order valence-corrected chi connectivity index (χ1v) is 7.53. The summed E-state index contributed by atoms with van der Waals surface area (Å²) < 4.78 is 15.8. The number of piperazine rings is 1. The van der Waals surface area contributed by atoms with Gasteiger partial charge in [-0.05, 0) is 31.2 Å². The highest BCUT2D eigenvalue weighted by atomic mass is 16.6. The standard InChI is InChI=1S/C16H18N2O5/c1-2-21-16(20)18-9-7-17(8-10-18)15(19)14-6-5-13(23-14)12-4-3-11-22-12/h3-6,11H,2,7-10H2,1H3. The van der Waals surface area contributed by atoms with Gasteiger partial charge >= 0.3 is 6.09 Å². The summed E-state index contributed by atoms with van der Waals surface area (Å²) in [6, 6.07) is 6.87. The van der Waals surface area contributed by atoms with Crippen LogP contribution in [0.2, 0.25) is 0 Å². The fourth-order valence-electron chi connectivity index (χ4n) is 2.47. The Kier molecular flexibility index (Phi) is 4.36. The van der Waals surface area contributed by atoms with E-state index in [1.54, 1.807) is 47.3 Å². The van der Waals surface area contributed by atoms with E-state index in [4.69, 9.17) is 13.6 Å². The minimum absolute atomic E-state index is 0.189. The maximum absolute atomic E-state index is 12.5. The molecule has 0 radical (unpaired) electrons. The van der Waals surface area contributed by atoms with Gasteiger partial charge in [0.15, 0.2) is 17.3 Å². The lowest BCUT2D eigenvalue weighted by Crippen LogP contribution is -2.50. The van der Waals surface area contributed by atoms with Gasteiger partial charge in [0.05, 0.1) is 12.9 Å². The summed E-state index contributed by atoms with van der Waals surface area (Å²) >= 11 is 0. The maximum atomic E-state index is 12.5. The molecule has 0 spiro atoms. The van der Waals surface area contributed by atoms with Crippen molar-refractivity contribution in [2.24, 2.45) is 0 Å². The van der Waals surface area contributed by atoms with Crippen molar-refractivity contribution in [3.63, 3.8) is 0 Å². The predicted octanol–water partition coefficient (Wildman–Crippen LogP) is 2.45. The van der Waals surface area contributed by atoms with E-state index >= 15 is 0 Å². The number of hydrogen-bond acceptors (Lipinski definition) is 5. The lowest BCUT2D eigenvalue weighted by Gasteiger charge is -2.33. The van der Waals surface area contributed by atoms with Crippen LogP contribution in [0.5, 0.6) is 0 Å². The summed E-state index contributed by atoms with van der Waals surface area (Å²) in [5, 5.41) is 0. The van der Waals surface area contributed by atoms with Crippen molar-refractivity contribution in [2.75, 3.05) is 32.8 Å². The number of furan rings is 2. The van der Waals surface area contributed by atoms with Gasteiger partial charge in [-0.3, -0.25) is 4.79 Å². The van der Waals surface area contributed by atoms with Gasteiger partial charge in [0.25, 0.3) is 5.91 Å². The zero-order valence-corrected chi connectivity index (χ0v) is 12.9. The quantitative estimate of drug-likeness (QED) is 0.869. The molecule has 1 aliphatic heterocycles. The molecular formula is C16H18N2O5. The van der Waals surface area contributed by atoms with Crippen molar-refractivity contribution in [3.8, 4) is 11.5 Å². The molecule has 3 heterocycles. The third-order valence-corrected chi connectivity index (χ3v) is 3.67. The second kappa shape index (κ2) is 6.60. The van der Waals surface area contributed by atoms with E-state index in [1.165, 1.54) is 0 Å². The molecule has 23 heavy (non-hydrogen) atoms. The summed E-state index contributed by atoms with van der Waals surface area (Å²) in [6.45, 7) is 3.93. The molecule has 0 bridgehead atoms. The molecule has 2 amide bonds. The SMILES string of the molecule is CCOC(=O)N1CCN(C(=O)c2ccc(-c3ccco3)o2)CC1. The first-order valence-electron chi connectivity index (χ1n) is 7.53. The third kappa shape index (κ3) is 3.23. The van der Waals surface area contributed by atoms with Gasteiger partial charge in [-0.2, -0.15) is 0 Å². The van der Waals surface area contributed by atoms with Gasteiger partial charge in [-0.15, -0.1) is 0 Å². The second-order valence-corrected chi connectivity index (χ2v) is 5.12.